The smallest absolute Gasteiger partial charge is 0.251 e. The number of imide groups is 1. The molecule has 0 aliphatic carbocycles. The van der Waals surface area contributed by atoms with Gasteiger partial charge in [-0.2, -0.15) is 0 Å². The van der Waals surface area contributed by atoms with Gasteiger partial charge in [-0.05, 0) is 57.0 Å². The predicted octanol–water partition coefficient (Wildman–Crippen LogP) is 3.23. The lowest BCUT2D eigenvalue weighted by Crippen LogP contribution is -2.48. The topological polar surface area (TPSA) is 60.9 Å². The first-order valence-electron chi connectivity index (χ1n) is 10.8. The third kappa shape index (κ3) is 4.23. The zero-order valence-electron chi connectivity index (χ0n) is 17.0. The molecule has 0 N–H and O–H groups in total. The van der Waals surface area contributed by atoms with Gasteiger partial charge in [0.15, 0.2) is 0 Å². The summed E-state index contributed by atoms with van der Waals surface area (Å²) in [6.45, 7) is 2.94. The van der Waals surface area contributed by atoms with E-state index in [0.29, 0.717) is 31.6 Å². The molecular formula is C22H27ClFN3O3. The molecule has 3 saturated heterocycles. The van der Waals surface area contributed by atoms with Gasteiger partial charge in [-0.25, -0.2) is 9.29 Å². The summed E-state index contributed by atoms with van der Waals surface area (Å²) in [5, 5.41) is -0.121. The number of nitrogens with zero attached hydrogens (tertiary/aromatic N) is 3. The van der Waals surface area contributed by atoms with Crippen LogP contribution in [0.5, 0.6) is 0 Å². The summed E-state index contributed by atoms with van der Waals surface area (Å²) in [5.74, 6) is -0.964. The number of hydrogen-bond acceptors (Lipinski definition) is 4. The van der Waals surface area contributed by atoms with E-state index in [-0.39, 0.29) is 35.1 Å². The molecule has 8 heteroatoms. The first-order chi connectivity index (χ1) is 14.5. The second-order valence-electron chi connectivity index (χ2n) is 8.44. The van der Waals surface area contributed by atoms with Gasteiger partial charge in [-0.1, -0.05) is 24.4 Å². The van der Waals surface area contributed by atoms with Crippen LogP contribution in [0.3, 0.4) is 0 Å². The van der Waals surface area contributed by atoms with Crippen LogP contribution >= 0.6 is 11.6 Å². The molecule has 1 aromatic rings. The number of carbonyl (C=O) groups excluding carboxylic acids is 3. The van der Waals surface area contributed by atoms with Gasteiger partial charge < -0.3 is 4.90 Å². The van der Waals surface area contributed by atoms with Gasteiger partial charge in [0.25, 0.3) is 5.91 Å². The molecule has 30 heavy (non-hydrogen) atoms. The summed E-state index contributed by atoms with van der Waals surface area (Å²) in [5.41, 5.74) is 0.296. The minimum absolute atomic E-state index is 0.00133. The lowest BCUT2D eigenvalue weighted by Gasteiger charge is -2.36. The van der Waals surface area contributed by atoms with E-state index in [1.165, 1.54) is 25.0 Å². The highest BCUT2D eigenvalue weighted by molar-refractivity contribution is 6.31. The fraction of sp³-hybridized carbons (Fsp3) is 0.591. The summed E-state index contributed by atoms with van der Waals surface area (Å²) in [6.07, 6.45) is 6.04. The van der Waals surface area contributed by atoms with E-state index >= 15 is 0 Å². The Morgan fingerprint density at radius 1 is 1.00 bits per heavy atom. The number of anilines is 1. The Hall–Kier alpha value is -1.99. The number of benzene rings is 1. The van der Waals surface area contributed by atoms with Crippen molar-refractivity contribution in [1.82, 2.24) is 9.80 Å². The van der Waals surface area contributed by atoms with E-state index in [1.807, 2.05) is 9.80 Å². The summed E-state index contributed by atoms with van der Waals surface area (Å²) in [6, 6.07) is 3.33. The number of piperidine rings is 1. The van der Waals surface area contributed by atoms with E-state index in [1.54, 1.807) is 0 Å². The largest absolute Gasteiger partial charge is 0.342 e. The zero-order valence-corrected chi connectivity index (χ0v) is 17.7. The quantitative estimate of drug-likeness (QED) is 0.684. The van der Waals surface area contributed by atoms with Crippen LogP contribution in [0.2, 0.25) is 5.02 Å². The van der Waals surface area contributed by atoms with Crippen molar-refractivity contribution in [3.63, 3.8) is 0 Å². The molecule has 1 aromatic carbocycles. The number of likely N-dealkylation sites (tertiary alicyclic amines) is 2. The maximum absolute atomic E-state index is 13.4. The Bertz CT molecular complexity index is 833. The predicted molar refractivity (Wildman–Crippen MR) is 112 cm³/mol. The van der Waals surface area contributed by atoms with Crippen molar-refractivity contribution in [3.8, 4) is 0 Å². The van der Waals surface area contributed by atoms with E-state index in [2.05, 4.69) is 0 Å². The average molecular weight is 436 g/mol. The molecule has 0 saturated carbocycles. The molecule has 6 nitrogen and oxygen atoms in total. The summed E-state index contributed by atoms with van der Waals surface area (Å²) < 4.78 is 13.4. The maximum atomic E-state index is 13.4. The van der Waals surface area contributed by atoms with Gasteiger partial charge >= 0.3 is 0 Å². The maximum Gasteiger partial charge on any atom is 0.251 e. The minimum atomic E-state index is -0.591. The fourth-order valence-electron chi connectivity index (χ4n) is 4.80. The van der Waals surface area contributed by atoms with E-state index < -0.39 is 11.9 Å². The van der Waals surface area contributed by atoms with Crippen LogP contribution < -0.4 is 4.90 Å². The van der Waals surface area contributed by atoms with Crippen LogP contribution in [0.15, 0.2) is 18.2 Å². The number of carbonyl (C=O) groups is 3. The van der Waals surface area contributed by atoms with E-state index in [0.717, 1.165) is 36.9 Å². The molecule has 0 spiro atoms. The first kappa shape index (κ1) is 21.2. The molecule has 162 valence electrons. The minimum Gasteiger partial charge on any atom is -0.342 e. The van der Waals surface area contributed by atoms with Crippen molar-refractivity contribution in [2.24, 2.45) is 5.92 Å². The second-order valence-corrected chi connectivity index (χ2v) is 8.84. The van der Waals surface area contributed by atoms with Crippen LogP contribution in [-0.4, -0.2) is 59.7 Å². The van der Waals surface area contributed by atoms with Gasteiger partial charge in [-0.3, -0.25) is 19.3 Å². The molecule has 1 atom stereocenters. The van der Waals surface area contributed by atoms with Crippen molar-refractivity contribution < 1.29 is 18.8 Å². The molecule has 3 fully saturated rings. The van der Waals surface area contributed by atoms with Gasteiger partial charge in [0.2, 0.25) is 11.8 Å². The molecule has 4 rings (SSSR count). The average Bonchev–Trinajstić information content (AvgIpc) is 2.92. The highest BCUT2D eigenvalue weighted by Crippen LogP contribution is 2.31. The van der Waals surface area contributed by atoms with Crippen LogP contribution in [0.4, 0.5) is 10.1 Å². The fourth-order valence-corrected chi connectivity index (χ4v) is 4.98. The van der Waals surface area contributed by atoms with Crippen molar-refractivity contribution in [2.75, 3.05) is 31.1 Å². The molecule has 0 bridgehead atoms. The third-order valence-corrected chi connectivity index (χ3v) is 6.81. The number of rotatable bonds is 3. The van der Waals surface area contributed by atoms with Crippen LogP contribution in [0.25, 0.3) is 0 Å². The second kappa shape index (κ2) is 9.02. The lowest BCUT2D eigenvalue weighted by molar-refractivity contribution is -0.137. The molecule has 0 radical (unpaired) electrons. The lowest BCUT2D eigenvalue weighted by atomic mass is 9.94. The molecule has 0 aromatic heterocycles. The summed E-state index contributed by atoms with van der Waals surface area (Å²) >= 11 is 5.82. The Morgan fingerprint density at radius 2 is 1.67 bits per heavy atom. The highest BCUT2D eigenvalue weighted by Gasteiger charge is 2.44. The van der Waals surface area contributed by atoms with Crippen LogP contribution in [0, 0.1) is 11.7 Å². The molecule has 1 unspecified atom stereocenters. The molecule has 3 amide bonds. The number of amides is 3. The molecule has 3 aliphatic heterocycles. The third-order valence-electron chi connectivity index (χ3n) is 6.52. The van der Waals surface area contributed by atoms with E-state index in [4.69, 9.17) is 11.6 Å². The van der Waals surface area contributed by atoms with Crippen molar-refractivity contribution in [3.05, 3.63) is 29.0 Å². The number of hydrogen-bond donors (Lipinski definition) is 0. The Kier molecular flexibility index (Phi) is 6.39. The van der Waals surface area contributed by atoms with Crippen molar-refractivity contribution in [1.29, 1.82) is 0 Å². The monoisotopic (exact) mass is 435 g/mol. The van der Waals surface area contributed by atoms with Crippen LogP contribution in [0.1, 0.15) is 44.9 Å². The summed E-state index contributed by atoms with van der Waals surface area (Å²) in [4.78, 5) is 43.5. The molecular weight excluding hydrogens is 409 g/mol. The normalized spacial score (nSPS) is 24.4. The van der Waals surface area contributed by atoms with Gasteiger partial charge in [-0.15, -0.1) is 0 Å². The summed E-state index contributed by atoms with van der Waals surface area (Å²) in [7, 11) is 0. The Labute approximate surface area is 180 Å². The number of halogens is 2. The van der Waals surface area contributed by atoms with Crippen molar-refractivity contribution in [2.45, 2.75) is 51.0 Å². The SMILES string of the molecule is O=C(C1CCN(C2CC(=O)N(c3ccc(F)c(Cl)c3)C2=O)CC1)N1CCCCCC1. The highest BCUT2D eigenvalue weighted by atomic mass is 35.5. The van der Waals surface area contributed by atoms with Gasteiger partial charge in [0.05, 0.1) is 23.2 Å². The zero-order chi connectivity index (χ0) is 21.3. The van der Waals surface area contributed by atoms with E-state index in [9.17, 15) is 18.8 Å². The Morgan fingerprint density at radius 3 is 2.30 bits per heavy atom. The first-order valence-corrected chi connectivity index (χ1v) is 11.2. The van der Waals surface area contributed by atoms with Gasteiger partial charge in [0, 0.05) is 19.0 Å². The Balaban J connectivity index is 1.37. The molecule has 3 heterocycles. The molecule has 3 aliphatic rings. The van der Waals surface area contributed by atoms with Crippen LogP contribution in [-0.2, 0) is 14.4 Å². The van der Waals surface area contributed by atoms with Gasteiger partial charge in [0.1, 0.15) is 5.82 Å². The van der Waals surface area contributed by atoms with Crippen molar-refractivity contribution >= 4 is 35.0 Å². The standard InChI is InChI=1S/C22H27ClFN3O3/c23-17-13-16(5-6-18(17)24)27-20(28)14-19(22(27)30)25-11-7-15(8-12-25)21(29)26-9-3-1-2-4-10-26/h5-6,13,15,19H,1-4,7-12,14H2.